The second-order valence-corrected chi connectivity index (χ2v) is 9.79. The summed E-state index contributed by atoms with van der Waals surface area (Å²) in [5, 5.41) is 11.8. The number of aromatic nitrogens is 2. The van der Waals surface area contributed by atoms with Gasteiger partial charge in [0, 0.05) is 43.0 Å². The van der Waals surface area contributed by atoms with Gasteiger partial charge in [-0.1, -0.05) is 37.6 Å². The molecule has 2 heterocycles. The highest BCUT2D eigenvalue weighted by Gasteiger charge is 2.33. The van der Waals surface area contributed by atoms with E-state index in [-0.39, 0.29) is 13.2 Å². The predicted octanol–water partition coefficient (Wildman–Crippen LogP) is 4.38. The lowest BCUT2D eigenvalue weighted by Crippen LogP contribution is -2.48. The molecular weight excluding hydrogens is 466 g/mol. The van der Waals surface area contributed by atoms with Gasteiger partial charge in [-0.25, -0.2) is 4.98 Å². The number of β-amino-alcohol motifs (C(OH)–C–C–N with tert-alkyl or cyclic N) is 1. The van der Waals surface area contributed by atoms with Gasteiger partial charge in [0.25, 0.3) is 0 Å². The van der Waals surface area contributed by atoms with Crippen LogP contribution in [-0.4, -0.2) is 64.7 Å². The van der Waals surface area contributed by atoms with Crippen molar-refractivity contribution in [1.29, 1.82) is 0 Å². The fraction of sp³-hybridized carbons (Fsp3) is 0.444. The Morgan fingerprint density at radius 2 is 1.80 bits per heavy atom. The van der Waals surface area contributed by atoms with Crippen LogP contribution in [0.25, 0.3) is 0 Å². The second kappa shape index (κ2) is 11.9. The summed E-state index contributed by atoms with van der Waals surface area (Å²) in [6.45, 7) is 8.49. The topological polar surface area (TPSA) is 69.0 Å². The van der Waals surface area contributed by atoms with E-state index in [1.165, 1.54) is 0 Å². The van der Waals surface area contributed by atoms with E-state index in [9.17, 15) is 5.11 Å². The van der Waals surface area contributed by atoms with E-state index in [0.717, 1.165) is 30.2 Å². The third-order valence-corrected chi connectivity index (χ3v) is 6.21. The first-order valence-corrected chi connectivity index (χ1v) is 12.4. The van der Waals surface area contributed by atoms with Crippen molar-refractivity contribution in [3.05, 3.63) is 77.3 Å². The Kier molecular flexibility index (Phi) is 8.68. The van der Waals surface area contributed by atoms with Gasteiger partial charge in [0.1, 0.15) is 36.1 Å². The molecule has 1 aliphatic heterocycles. The van der Waals surface area contributed by atoms with Gasteiger partial charge in [-0.2, -0.15) is 0 Å². The quantitative estimate of drug-likeness (QED) is 0.446. The number of hydrogen-bond acceptors (Lipinski definition) is 6. The molecular formula is C27H34ClN3O4. The Bertz CT molecular complexity index is 1060. The van der Waals surface area contributed by atoms with Crippen molar-refractivity contribution >= 4 is 11.6 Å². The molecule has 35 heavy (non-hydrogen) atoms. The number of aliphatic hydroxyl groups is 1. The normalized spacial score (nSPS) is 19.0. The van der Waals surface area contributed by atoms with E-state index in [4.69, 9.17) is 25.8 Å². The van der Waals surface area contributed by atoms with Crippen LogP contribution >= 0.6 is 11.6 Å². The molecule has 1 aliphatic rings. The molecule has 2 aromatic carbocycles. The molecule has 1 N–H and O–H groups in total. The Hall–Kier alpha value is -2.58. The van der Waals surface area contributed by atoms with Crippen molar-refractivity contribution in [3.8, 4) is 11.5 Å². The minimum Gasteiger partial charge on any atom is -0.492 e. The Morgan fingerprint density at radius 1 is 1.09 bits per heavy atom. The lowest BCUT2D eigenvalue weighted by molar-refractivity contribution is -0.0646. The largest absolute Gasteiger partial charge is 0.492 e. The van der Waals surface area contributed by atoms with Crippen LogP contribution in [0.4, 0.5) is 0 Å². The van der Waals surface area contributed by atoms with E-state index >= 15 is 0 Å². The van der Waals surface area contributed by atoms with Crippen molar-refractivity contribution in [2.24, 2.45) is 0 Å². The van der Waals surface area contributed by atoms with Crippen LogP contribution < -0.4 is 9.47 Å². The van der Waals surface area contributed by atoms with Crippen LogP contribution in [0, 0.1) is 0 Å². The Balaban J connectivity index is 1.27. The maximum absolute atomic E-state index is 11.1. The molecule has 0 saturated carbocycles. The highest BCUT2D eigenvalue weighted by molar-refractivity contribution is 6.30. The predicted molar refractivity (Wildman–Crippen MR) is 136 cm³/mol. The maximum Gasteiger partial charge on any atom is 0.134 e. The minimum absolute atomic E-state index is 0.146. The van der Waals surface area contributed by atoms with Gasteiger partial charge in [-0.15, -0.1) is 0 Å². The van der Waals surface area contributed by atoms with Crippen molar-refractivity contribution in [1.82, 2.24) is 14.5 Å². The molecule has 1 atom stereocenters. The number of rotatable bonds is 10. The molecule has 1 fully saturated rings. The fourth-order valence-electron chi connectivity index (χ4n) is 4.19. The van der Waals surface area contributed by atoms with Crippen LogP contribution in [0.3, 0.4) is 0 Å². The number of hydrogen-bond donors (Lipinski definition) is 1. The van der Waals surface area contributed by atoms with Gasteiger partial charge in [0.05, 0.1) is 19.8 Å². The lowest BCUT2D eigenvalue weighted by Gasteiger charge is -2.30. The molecule has 0 bridgehead atoms. The number of ether oxygens (including phenoxy) is 3. The summed E-state index contributed by atoms with van der Waals surface area (Å²) in [7, 11) is 0. The van der Waals surface area contributed by atoms with Crippen LogP contribution in [-0.2, 0) is 17.8 Å². The number of benzene rings is 2. The average molecular weight is 500 g/mol. The molecule has 0 aliphatic carbocycles. The monoisotopic (exact) mass is 499 g/mol. The molecule has 7 nitrogen and oxygen atoms in total. The first kappa shape index (κ1) is 25.5. The minimum atomic E-state index is -1.10. The first-order chi connectivity index (χ1) is 16.9. The Morgan fingerprint density at radius 3 is 2.54 bits per heavy atom. The van der Waals surface area contributed by atoms with E-state index in [1.54, 1.807) is 24.3 Å². The van der Waals surface area contributed by atoms with Gasteiger partial charge < -0.3 is 23.9 Å². The summed E-state index contributed by atoms with van der Waals surface area (Å²) >= 11 is 5.93. The molecule has 8 heteroatoms. The SMILES string of the molecule is CC(C)c1nccn1CCOc1ccc(CN2CCOCC(O)(COc3ccc(Cl)cc3)C2)cc1. The number of imidazole rings is 1. The molecule has 0 spiro atoms. The molecule has 1 unspecified atom stereocenters. The smallest absolute Gasteiger partial charge is 0.134 e. The zero-order chi connectivity index (χ0) is 24.7. The molecule has 1 aromatic heterocycles. The zero-order valence-electron chi connectivity index (χ0n) is 20.4. The first-order valence-electron chi connectivity index (χ1n) is 12.0. The second-order valence-electron chi connectivity index (χ2n) is 9.36. The van der Waals surface area contributed by atoms with Crippen LogP contribution in [0.5, 0.6) is 11.5 Å². The average Bonchev–Trinajstić information content (AvgIpc) is 3.24. The molecule has 4 rings (SSSR count). The standard InChI is InChI=1S/C27H34ClN3O4/c1-21(2)26-29-11-12-31(26)14-16-34-24-7-3-22(4-8-24)17-30-13-15-33-19-27(32,18-30)20-35-25-9-5-23(28)6-10-25/h3-12,21,32H,13-20H2,1-2H3. The molecule has 0 amide bonds. The van der Waals surface area contributed by atoms with Gasteiger partial charge in [-0.3, -0.25) is 4.90 Å². The molecule has 1 saturated heterocycles. The van der Waals surface area contributed by atoms with E-state index in [1.807, 2.05) is 24.5 Å². The molecule has 188 valence electrons. The lowest BCUT2D eigenvalue weighted by atomic mass is 10.1. The van der Waals surface area contributed by atoms with Crippen LogP contribution in [0.1, 0.15) is 31.2 Å². The van der Waals surface area contributed by atoms with Gasteiger partial charge in [0.2, 0.25) is 0 Å². The summed E-state index contributed by atoms with van der Waals surface area (Å²) in [5.41, 5.74) is 0.0540. The summed E-state index contributed by atoms with van der Waals surface area (Å²) in [5.74, 6) is 2.97. The van der Waals surface area contributed by atoms with Gasteiger partial charge in [-0.05, 0) is 42.0 Å². The highest BCUT2D eigenvalue weighted by Crippen LogP contribution is 2.21. The van der Waals surface area contributed by atoms with Gasteiger partial charge >= 0.3 is 0 Å². The zero-order valence-corrected chi connectivity index (χ0v) is 21.2. The van der Waals surface area contributed by atoms with E-state index in [0.29, 0.717) is 43.0 Å². The summed E-state index contributed by atoms with van der Waals surface area (Å²) in [6, 6.07) is 15.3. The third-order valence-electron chi connectivity index (χ3n) is 5.96. The Labute approximate surface area is 212 Å². The van der Waals surface area contributed by atoms with E-state index < -0.39 is 5.60 Å². The van der Waals surface area contributed by atoms with Crippen LogP contribution in [0.15, 0.2) is 60.9 Å². The third kappa shape index (κ3) is 7.45. The molecule has 0 radical (unpaired) electrons. The summed E-state index contributed by atoms with van der Waals surface area (Å²) in [6.07, 6.45) is 3.83. The van der Waals surface area contributed by atoms with Crippen molar-refractivity contribution in [2.45, 2.75) is 38.5 Å². The maximum atomic E-state index is 11.1. The van der Waals surface area contributed by atoms with Crippen LogP contribution in [0.2, 0.25) is 5.02 Å². The summed E-state index contributed by atoms with van der Waals surface area (Å²) in [4.78, 5) is 6.61. The highest BCUT2D eigenvalue weighted by atomic mass is 35.5. The number of nitrogens with zero attached hydrogens (tertiary/aromatic N) is 3. The van der Waals surface area contributed by atoms with Gasteiger partial charge in [0.15, 0.2) is 0 Å². The van der Waals surface area contributed by atoms with Crippen molar-refractivity contribution < 1.29 is 19.3 Å². The molecule has 3 aromatic rings. The van der Waals surface area contributed by atoms with Crippen molar-refractivity contribution in [2.75, 3.05) is 39.5 Å². The van der Waals surface area contributed by atoms with Crippen molar-refractivity contribution in [3.63, 3.8) is 0 Å². The fourth-order valence-corrected chi connectivity index (χ4v) is 4.32. The summed E-state index contributed by atoms with van der Waals surface area (Å²) < 4.78 is 19.6. The number of halogens is 1. The van der Waals surface area contributed by atoms with E-state index in [2.05, 4.69) is 40.4 Å².